The third-order valence-electron chi connectivity index (χ3n) is 5.24. The largest absolute Gasteiger partial charge is 0.490 e. The van der Waals surface area contributed by atoms with Gasteiger partial charge in [-0.3, -0.25) is 10.2 Å². The van der Waals surface area contributed by atoms with Crippen LogP contribution in [0.2, 0.25) is 0 Å². The SMILES string of the molecule is CCCCC1[C]=C2CC=CC(C(=N)NOCc3ccc(OC(C)C)c(C#N)c3)=C2C1. The van der Waals surface area contributed by atoms with Crippen LogP contribution in [0.4, 0.5) is 0 Å². The first-order chi connectivity index (χ1) is 14.5. The molecule has 0 bridgehead atoms. The van der Waals surface area contributed by atoms with Crippen LogP contribution >= 0.6 is 0 Å². The molecule has 0 spiro atoms. The van der Waals surface area contributed by atoms with E-state index in [-0.39, 0.29) is 18.5 Å². The molecular formula is C25H30N3O2. The van der Waals surface area contributed by atoms with Crippen LogP contribution in [0.5, 0.6) is 5.75 Å². The minimum atomic E-state index is 0.00718. The highest BCUT2D eigenvalue weighted by Crippen LogP contribution is 2.38. The number of hydrogen-bond donors (Lipinski definition) is 2. The molecule has 0 saturated heterocycles. The van der Waals surface area contributed by atoms with Crippen LogP contribution in [0.25, 0.3) is 0 Å². The van der Waals surface area contributed by atoms with Crippen LogP contribution < -0.4 is 10.2 Å². The Bertz CT molecular complexity index is 919. The van der Waals surface area contributed by atoms with Gasteiger partial charge in [0.25, 0.3) is 0 Å². The smallest absolute Gasteiger partial charge is 0.149 e. The molecule has 1 unspecified atom stereocenters. The predicted molar refractivity (Wildman–Crippen MR) is 118 cm³/mol. The van der Waals surface area contributed by atoms with Gasteiger partial charge in [-0.25, -0.2) is 5.48 Å². The summed E-state index contributed by atoms with van der Waals surface area (Å²) in [6, 6.07) is 7.59. The summed E-state index contributed by atoms with van der Waals surface area (Å²) in [6.45, 7) is 6.32. The summed E-state index contributed by atoms with van der Waals surface area (Å²) in [6.07, 6.45) is 13.2. The molecule has 0 aromatic heterocycles. The highest BCUT2D eigenvalue weighted by molar-refractivity contribution is 5.99. The number of ether oxygens (including phenoxy) is 1. The number of nitrogens with one attached hydrogen (secondary N) is 2. The standard InChI is InChI=1S/C25H30N3O2/c1-4-5-7-18-12-20-8-6-9-22(23(20)14-18)25(27)28-29-16-19-10-11-24(30-17(2)3)21(13-19)15-26/h6,9-11,13,17-18H,4-5,7-8,14,16H2,1-3H3,(H2,27,28). The maximum absolute atomic E-state index is 9.36. The zero-order chi connectivity index (χ0) is 21.5. The Hall–Kier alpha value is -2.84. The summed E-state index contributed by atoms with van der Waals surface area (Å²) in [5.41, 5.74) is 7.45. The zero-order valence-electron chi connectivity index (χ0n) is 18.0. The predicted octanol–water partition coefficient (Wildman–Crippen LogP) is 5.54. The summed E-state index contributed by atoms with van der Waals surface area (Å²) in [7, 11) is 0. The van der Waals surface area contributed by atoms with Crippen molar-refractivity contribution in [3.8, 4) is 11.8 Å². The molecule has 2 aliphatic rings. The lowest BCUT2D eigenvalue weighted by atomic mass is 9.92. The van der Waals surface area contributed by atoms with Crippen LogP contribution in [0.3, 0.4) is 0 Å². The van der Waals surface area contributed by atoms with Crippen molar-refractivity contribution < 1.29 is 9.57 Å². The van der Waals surface area contributed by atoms with Gasteiger partial charge in [-0.2, -0.15) is 5.26 Å². The van der Waals surface area contributed by atoms with Gasteiger partial charge in [-0.15, -0.1) is 0 Å². The minimum Gasteiger partial charge on any atom is -0.490 e. The average Bonchev–Trinajstić information content (AvgIpc) is 3.15. The molecule has 5 heteroatoms. The number of rotatable bonds is 9. The molecule has 2 N–H and O–H groups in total. The second kappa shape index (κ2) is 10.3. The van der Waals surface area contributed by atoms with E-state index in [1.165, 1.54) is 24.0 Å². The summed E-state index contributed by atoms with van der Waals surface area (Å²) in [5.74, 6) is 1.30. The van der Waals surface area contributed by atoms with E-state index in [9.17, 15) is 5.26 Å². The zero-order valence-corrected chi connectivity index (χ0v) is 18.0. The first-order valence-electron chi connectivity index (χ1n) is 10.7. The van der Waals surface area contributed by atoms with E-state index in [4.69, 9.17) is 15.0 Å². The number of benzene rings is 1. The summed E-state index contributed by atoms with van der Waals surface area (Å²) in [5, 5.41) is 17.8. The number of unbranched alkanes of at least 4 members (excludes halogenated alkanes) is 1. The number of nitriles is 1. The second-order valence-corrected chi connectivity index (χ2v) is 8.04. The van der Waals surface area contributed by atoms with Crippen molar-refractivity contribution in [2.75, 3.05) is 0 Å². The Morgan fingerprint density at radius 3 is 2.97 bits per heavy atom. The van der Waals surface area contributed by atoms with E-state index < -0.39 is 0 Å². The Balaban J connectivity index is 1.59. The van der Waals surface area contributed by atoms with Gasteiger partial charge in [0.05, 0.1) is 18.3 Å². The molecule has 0 aliphatic heterocycles. The lowest BCUT2D eigenvalue weighted by Crippen LogP contribution is -2.25. The van der Waals surface area contributed by atoms with Crippen LogP contribution in [0, 0.1) is 28.7 Å². The minimum absolute atomic E-state index is 0.00718. The lowest BCUT2D eigenvalue weighted by Gasteiger charge is -2.17. The van der Waals surface area contributed by atoms with Gasteiger partial charge in [0.2, 0.25) is 0 Å². The number of hydroxylamine groups is 1. The number of hydrogen-bond acceptors (Lipinski definition) is 4. The van der Waals surface area contributed by atoms with Crippen LogP contribution in [-0.2, 0) is 11.4 Å². The van der Waals surface area contributed by atoms with Gasteiger partial charge < -0.3 is 4.74 Å². The molecule has 0 saturated carbocycles. The second-order valence-electron chi connectivity index (χ2n) is 8.04. The fourth-order valence-corrected chi connectivity index (χ4v) is 3.82. The maximum atomic E-state index is 9.36. The molecular weight excluding hydrogens is 374 g/mol. The van der Waals surface area contributed by atoms with Gasteiger partial charge in [-0.1, -0.05) is 38.0 Å². The molecule has 3 rings (SSSR count). The van der Waals surface area contributed by atoms with E-state index >= 15 is 0 Å². The third-order valence-corrected chi connectivity index (χ3v) is 5.24. The van der Waals surface area contributed by atoms with Gasteiger partial charge >= 0.3 is 0 Å². The molecule has 1 aromatic rings. The number of allylic oxidation sites excluding steroid dienone is 4. The molecule has 2 aliphatic carbocycles. The number of nitrogens with zero attached hydrogens (tertiary/aromatic N) is 1. The van der Waals surface area contributed by atoms with Crippen molar-refractivity contribution >= 4 is 5.84 Å². The Kier molecular flexibility index (Phi) is 7.48. The van der Waals surface area contributed by atoms with Crippen LogP contribution in [0.15, 0.2) is 47.1 Å². The number of fused-ring (bicyclic) bond motifs is 1. The molecule has 0 fully saturated rings. The highest BCUT2D eigenvalue weighted by atomic mass is 16.6. The molecule has 5 nitrogen and oxygen atoms in total. The van der Waals surface area contributed by atoms with Gasteiger partial charge in [0.15, 0.2) is 0 Å². The quantitative estimate of drug-likeness (QED) is 0.322. The van der Waals surface area contributed by atoms with E-state index in [1.807, 2.05) is 26.0 Å². The molecule has 30 heavy (non-hydrogen) atoms. The molecule has 0 heterocycles. The molecule has 1 radical (unpaired) electrons. The Morgan fingerprint density at radius 1 is 1.40 bits per heavy atom. The topological polar surface area (TPSA) is 78.1 Å². The summed E-state index contributed by atoms with van der Waals surface area (Å²) in [4.78, 5) is 5.57. The van der Waals surface area contributed by atoms with Crippen LogP contribution in [0.1, 0.15) is 64.0 Å². The van der Waals surface area contributed by atoms with E-state index in [1.54, 1.807) is 12.1 Å². The molecule has 157 valence electrons. The van der Waals surface area contributed by atoms with E-state index in [0.717, 1.165) is 30.4 Å². The van der Waals surface area contributed by atoms with Crippen molar-refractivity contribution in [3.05, 3.63) is 64.3 Å². The third kappa shape index (κ3) is 5.40. The Labute approximate surface area is 179 Å². The van der Waals surface area contributed by atoms with Crippen molar-refractivity contribution in [3.63, 3.8) is 0 Å². The highest BCUT2D eigenvalue weighted by Gasteiger charge is 2.26. The van der Waals surface area contributed by atoms with Crippen LogP contribution in [-0.4, -0.2) is 11.9 Å². The average molecular weight is 405 g/mol. The first kappa shape index (κ1) is 21.9. The molecule has 0 amide bonds. The lowest BCUT2D eigenvalue weighted by molar-refractivity contribution is 0.0709. The van der Waals surface area contributed by atoms with E-state index in [0.29, 0.717) is 17.2 Å². The van der Waals surface area contributed by atoms with Crippen molar-refractivity contribution in [1.82, 2.24) is 5.48 Å². The fraction of sp³-hybridized carbons (Fsp3) is 0.440. The van der Waals surface area contributed by atoms with Gasteiger partial charge in [0, 0.05) is 5.57 Å². The van der Waals surface area contributed by atoms with E-state index in [2.05, 4.69) is 30.6 Å². The summed E-state index contributed by atoms with van der Waals surface area (Å²) >= 11 is 0. The monoisotopic (exact) mass is 404 g/mol. The fourth-order valence-electron chi connectivity index (χ4n) is 3.82. The first-order valence-corrected chi connectivity index (χ1v) is 10.7. The van der Waals surface area contributed by atoms with Crippen molar-refractivity contribution in [1.29, 1.82) is 10.7 Å². The Morgan fingerprint density at radius 2 is 2.23 bits per heavy atom. The number of amidine groups is 1. The molecule has 1 atom stereocenters. The normalized spacial score (nSPS) is 17.6. The van der Waals surface area contributed by atoms with Crippen molar-refractivity contribution in [2.45, 2.75) is 65.6 Å². The summed E-state index contributed by atoms with van der Waals surface area (Å²) < 4.78 is 5.65. The van der Waals surface area contributed by atoms with Crippen molar-refractivity contribution in [2.24, 2.45) is 5.92 Å². The van der Waals surface area contributed by atoms with Gasteiger partial charge in [0.1, 0.15) is 17.7 Å². The maximum Gasteiger partial charge on any atom is 0.149 e. The molecule has 1 aromatic carbocycles. The van der Waals surface area contributed by atoms with Gasteiger partial charge in [-0.05, 0) is 73.9 Å².